The van der Waals surface area contributed by atoms with Gasteiger partial charge in [0.2, 0.25) is 5.91 Å². The zero-order valence-corrected chi connectivity index (χ0v) is 13.0. The highest BCUT2D eigenvalue weighted by Crippen LogP contribution is 2.12. The summed E-state index contributed by atoms with van der Waals surface area (Å²) in [4.78, 5) is 13.9. The summed E-state index contributed by atoms with van der Waals surface area (Å²) in [5.74, 6) is 0.538. The van der Waals surface area contributed by atoms with E-state index in [-0.39, 0.29) is 24.1 Å². The van der Waals surface area contributed by atoms with Gasteiger partial charge in [0.05, 0.1) is 6.61 Å². The van der Waals surface area contributed by atoms with E-state index in [4.69, 9.17) is 4.74 Å². The van der Waals surface area contributed by atoms with Crippen LogP contribution in [0.2, 0.25) is 0 Å². The minimum atomic E-state index is -0.277. The standard InChI is InChI=1S/C15H21FN2O2.ClH/c1-12-11-18(9-8-17-12)15(19)3-2-10-20-14-6-4-13(16)5-7-14;/h4-7,12,17H,2-3,8-11H2,1H3;1H. The van der Waals surface area contributed by atoms with Gasteiger partial charge < -0.3 is 15.0 Å². The average Bonchev–Trinajstić information content (AvgIpc) is 2.45. The lowest BCUT2D eigenvalue weighted by molar-refractivity contribution is -0.132. The van der Waals surface area contributed by atoms with E-state index in [9.17, 15) is 9.18 Å². The minimum absolute atomic E-state index is 0. The number of halogens is 2. The zero-order chi connectivity index (χ0) is 14.4. The van der Waals surface area contributed by atoms with Crippen molar-refractivity contribution in [3.8, 4) is 5.75 Å². The second kappa shape index (κ2) is 8.85. The quantitative estimate of drug-likeness (QED) is 0.847. The molecule has 0 saturated carbocycles. The van der Waals surface area contributed by atoms with Crippen molar-refractivity contribution >= 4 is 18.3 Å². The number of amides is 1. The smallest absolute Gasteiger partial charge is 0.222 e. The fourth-order valence-corrected chi connectivity index (χ4v) is 2.26. The van der Waals surface area contributed by atoms with E-state index >= 15 is 0 Å². The summed E-state index contributed by atoms with van der Waals surface area (Å²) < 4.78 is 18.2. The van der Waals surface area contributed by atoms with Crippen LogP contribution in [-0.2, 0) is 4.79 Å². The summed E-state index contributed by atoms with van der Waals surface area (Å²) in [6.07, 6.45) is 1.17. The van der Waals surface area contributed by atoms with Crippen LogP contribution >= 0.6 is 12.4 Å². The summed E-state index contributed by atoms with van der Waals surface area (Å²) >= 11 is 0. The largest absolute Gasteiger partial charge is 0.494 e. The van der Waals surface area contributed by atoms with Crippen LogP contribution in [0.1, 0.15) is 19.8 Å². The molecule has 1 aliphatic heterocycles. The van der Waals surface area contributed by atoms with Crippen LogP contribution < -0.4 is 10.1 Å². The van der Waals surface area contributed by atoms with Gasteiger partial charge in [-0.3, -0.25) is 4.79 Å². The molecule has 1 N–H and O–H groups in total. The number of carbonyl (C=O) groups is 1. The Morgan fingerprint density at radius 1 is 1.43 bits per heavy atom. The summed E-state index contributed by atoms with van der Waals surface area (Å²) in [6, 6.07) is 6.28. The maximum Gasteiger partial charge on any atom is 0.222 e. The van der Waals surface area contributed by atoms with Crippen molar-refractivity contribution in [2.75, 3.05) is 26.2 Å². The second-order valence-electron chi connectivity index (χ2n) is 5.10. The van der Waals surface area contributed by atoms with Gasteiger partial charge in [-0.15, -0.1) is 12.4 Å². The van der Waals surface area contributed by atoms with Crippen LogP contribution in [0.15, 0.2) is 24.3 Å². The molecule has 1 aliphatic rings. The molecule has 0 aromatic heterocycles. The molecule has 1 saturated heterocycles. The summed E-state index contributed by atoms with van der Waals surface area (Å²) in [5, 5.41) is 3.31. The molecular formula is C15H22ClFN2O2. The lowest BCUT2D eigenvalue weighted by Gasteiger charge is -2.32. The predicted octanol–water partition coefficient (Wildman–Crippen LogP) is 2.23. The van der Waals surface area contributed by atoms with Gasteiger partial charge in [-0.1, -0.05) is 0 Å². The molecule has 0 aliphatic carbocycles. The first-order valence-electron chi connectivity index (χ1n) is 7.04. The Hall–Kier alpha value is -1.33. The fourth-order valence-electron chi connectivity index (χ4n) is 2.26. The van der Waals surface area contributed by atoms with Crippen LogP contribution in [0.3, 0.4) is 0 Å². The molecule has 1 atom stereocenters. The fraction of sp³-hybridized carbons (Fsp3) is 0.533. The summed E-state index contributed by atoms with van der Waals surface area (Å²) in [6.45, 7) is 4.97. The van der Waals surface area contributed by atoms with Crippen LogP contribution in [0, 0.1) is 5.82 Å². The van der Waals surface area contributed by atoms with E-state index in [1.54, 1.807) is 12.1 Å². The van der Waals surface area contributed by atoms with Crippen LogP contribution in [0.5, 0.6) is 5.75 Å². The number of rotatable bonds is 5. The molecule has 1 aromatic rings. The van der Waals surface area contributed by atoms with Gasteiger partial charge in [0.25, 0.3) is 0 Å². The number of nitrogens with one attached hydrogen (secondary N) is 1. The van der Waals surface area contributed by atoms with Gasteiger partial charge in [-0.2, -0.15) is 0 Å². The van der Waals surface area contributed by atoms with Crippen molar-refractivity contribution in [1.29, 1.82) is 0 Å². The molecule has 1 fully saturated rings. The van der Waals surface area contributed by atoms with Gasteiger partial charge in [-0.05, 0) is 37.6 Å². The lowest BCUT2D eigenvalue weighted by Crippen LogP contribution is -2.51. The number of carbonyl (C=O) groups excluding carboxylic acids is 1. The zero-order valence-electron chi connectivity index (χ0n) is 12.2. The molecule has 0 radical (unpaired) electrons. The molecule has 1 aromatic carbocycles. The molecule has 4 nitrogen and oxygen atoms in total. The number of ether oxygens (including phenoxy) is 1. The third kappa shape index (κ3) is 5.89. The molecule has 1 amide bonds. The molecule has 0 bridgehead atoms. The van der Waals surface area contributed by atoms with E-state index in [2.05, 4.69) is 12.2 Å². The van der Waals surface area contributed by atoms with E-state index in [0.29, 0.717) is 31.2 Å². The van der Waals surface area contributed by atoms with E-state index in [1.165, 1.54) is 12.1 Å². The van der Waals surface area contributed by atoms with Crippen molar-refractivity contribution in [2.24, 2.45) is 0 Å². The van der Waals surface area contributed by atoms with Crippen LogP contribution in [0.25, 0.3) is 0 Å². The minimum Gasteiger partial charge on any atom is -0.494 e. The molecule has 2 rings (SSSR count). The van der Waals surface area contributed by atoms with Crippen molar-refractivity contribution in [1.82, 2.24) is 10.2 Å². The van der Waals surface area contributed by atoms with Gasteiger partial charge in [0.15, 0.2) is 0 Å². The van der Waals surface area contributed by atoms with Crippen molar-refractivity contribution in [3.05, 3.63) is 30.1 Å². The second-order valence-corrected chi connectivity index (χ2v) is 5.10. The molecule has 1 heterocycles. The Labute approximate surface area is 131 Å². The number of hydrogen-bond donors (Lipinski definition) is 1. The van der Waals surface area contributed by atoms with Crippen LogP contribution in [0.4, 0.5) is 4.39 Å². The Kier molecular flexibility index (Phi) is 7.47. The Morgan fingerprint density at radius 2 is 2.14 bits per heavy atom. The lowest BCUT2D eigenvalue weighted by atomic mass is 10.2. The third-order valence-electron chi connectivity index (χ3n) is 3.34. The van der Waals surface area contributed by atoms with Crippen LogP contribution in [-0.4, -0.2) is 43.1 Å². The predicted molar refractivity (Wildman–Crippen MR) is 82.4 cm³/mol. The highest BCUT2D eigenvalue weighted by atomic mass is 35.5. The first-order valence-corrected chi connectivity index (χ1v) is 7.04. The number of nitrogens with zero attached hydrogens (tertiary/aromatic N) is 1. The topological polar surface area (TPSA) is 41.6 Å². The molecule has 118 valence electrons. The molecule has 6 heteroatoms. The Bertz CT molecular complexity index is 442. The Balaban J connectivity index is 0.00000220. The Morgan fingerprint density at radius 3 is 2.81 bits per heavy atom. The van der Waals surface area contributed by atoms with E-state index in [1.807, 2.05) is 4.90 Å². The van der Waals surface area contributed by atoms with Crippen molar-refractivity contribution in [2.45, 2.75) is 25.8 Å². The number of hydrogen-bond acceptors (Lipinski definition) is 3. The summed E-state index contributed by atoms with van der Waals surface area (Å²) in [7, 11) is 0. The van der Waals surface area contributed by atoms with Crippen molar-refractivity contribution in [3.63, 3.8) is 0 Å². The third-order valence-corrected chi connectivity index (χ3v) is 3.34. The first kappa shape index (κ1) is 17.7. The van der Waals surface area contributed by atoms with Gasteiger partial charge in [0, 0.05) is 32.1 Å². The SMILES string of the molecule is CC1CN(C(=O)CCCOc2ccc(F)cc2)CCN1.Cl. The normalized spacial score (nSPS) is 18.0. The first-order chi connectivity index (χ1) is 9.65. The monoisotopic (exact) mass is 316 g/mol. The van der Waals surface area contributed by atoms with E-state index in [0.717, 1.165) is 19.6 Å². The molecule has 1 unspecified atom stereocenters. The van der Waals surface area contributed by atoms with E-state index < -0.39 is 0 Å². The van der Waals surface area contributed by atoms with Gasteiger partial charge in [-0.25, -0.2) is 4.39 Å². The summed E-state index contributed by atoms with van der Waals surface area (Å²) in [5.41, 5.74) is 0. The van der Waals surface area contributed by atoms with Gasteiger partial charge >= 0.3 is 0 Å². The van der Waals surface area contributed by atoms with Gasteiger partial charge in [0.1, 0.15) is 11.6 Å². The van der Waals surface area contributed by atoms with Crippen molar-refractivity contribution < 1.29 is 13.9 Å². The molecule has 0 spiro atoms. The average molecular weight is 317 g/mol. The highest BCUT2D eigenvalue weighted by Gasteiger charge is 2.19. The maximum absolute atomic E-state index is 12.7. The molecular weight excluding hydrogens is 295 g/mol. The number of benzene rings is 1. The number of piperazine rings is 1. The maximum atomic E-state index is 12.7. The highest BCUT2D eigenvalue weighted by molar-refractivity contribution is 5.85. The molecule has 21 heavy (non-hydrogen) atoms.